The zero-order valence-corrected chi connectivity index (χ0v) is 17.1. The highest BCUT2D eigenvalue weighted by Crippen LogP contribution is 2.33. The zero-order valence-electron chi connectivity index (χ0n) is 17.1. The average molecular weight is 417 g/mol. The number of aromatic hydroxyl groups is 1. The molecule has 0 spiro atoms. The normalized spacial score (nSPS) is 11.5. The molecule has 2 heterocycles. The Bertz CT molecular complexity index is 1670. The molecule has 2 N–H and O–H groups in total. The molecule has 0 unspecified atom stereocenters. The van der Waals surface area contributed by atoms with Gasteiger partial charge in [0.05, 0.1) is 22.2 Å². The number of aromatic amines is 1. The minimum Gasteiger partial charge on any atom is -0.508 e. The van der Waals surface area contributed by atoms with Gasteiger partial charge in [0.15, 0.2) is 5.58 Å². The first-order valence-corrected chi connectivity index (χ1v) is 10.5. The van der Waals surface area contributed by atoms with Crippen LogP contribution in [0.3, 0.4) is 0 Å². The molecule has 4 nitrogen and oxygen atoms in total. The summed E-state index contributed by atoms with van der Waals surface area (Å²) in [6.45, 7) is 0. The van der Waals surface area contributed by atoms with Gasteiger partial charge in [-0.2, -0.15) is 0 Å². The molecule has 154 valence electrons. The Labute approximate surface area is 183 Å². The van der Waals surface area contributed by atoms with Gasteiger partial charge in [0, 0.05) is 6.42 Å². The Morgan fingerprint density at radius 3 is 2.41 bits per heavy atom. The number of rotatable bonds is 3. The molecular weight excluding hydrogens is 398 g/mol. The number of aromatic nitrogens is 1. The van der Waals surface area contributed by atoms with E-state index >= 15 is 0 Å². The van der Waals surface area contributed by atoms with Crippen molar-refractivity contribution in [2.75, 3.05) is 0 Å². The summed E-state index contributed by atoms with van der Waals surface area (Å²) in [4.78, 5) is 17.0. The second-order valence-corrected chi connectivity index (χ2v) is 8.02. The van der Waals surface area contributed by atoms with E-state index in [2.05, 4.69) is 29.2 Å². The van der Waals surface area contributed by atoms with Gasteiger partial charge < -0.3 is 14.5 Å². The van der Waals surface area contributed by atoms with E-state index in [1.165, 1.54) is 0 Å². The number of benzene rings is 4. The minimum atomic E-state index is -0.0433. The van der Waals surface area contributed by atoms with E-state index in [9.17, 15) is 9.90 Å². The lowest BCUT2D eigenvalue weighted by molar-refractivity contribution is 0.475. The molecular formula is C28H19NO3. The monoisotopic (exact) mass is 417 g/mol. The van der Waals surface area contributed by atoms with Gasteiger partial charge in [0.2, 0.25) is 5.43 Å². The van der Waals surface area contributed by atoms with Crippen molar-refractivity contribution in [3.05, 3.63) is 112 Å². The summed E-state index contributed by atoms with van der Waals surface area (Å²) in [5.74, 6) is 0.222. The molecule has 0 bridgehead atoms. The third-order valence-corrected chi connectivity index (χ3v) is 5.95. The van der Waals surface area contributed by atoms with Gasteiger partial charge in [0.25, 0.3) is 0 Å². The van der Waals surface area contributed by atoms with Crippen molar-refractivity contribution >= 4 is 32.7 Å². The molecule has 0 atom stereocenters. The number of hydrogen-bond donors (Lipinski definition) is 2. The molecule has 4 heteroatoms. The number of fused-ring (bicyclic) bond motifs is 3. The van der Waals surface area contributed by atoms with Crippen molar-refractivity contribution in [2.24, 2.45) is 0 Å². The van der Waals surface area contributed by atoms with Gasteiger partial charge >= 0.3 is 0 Å². The number of phenols is 1. The average Bonchev–Trinajstić information content (AvgIpc) is 3.19. The Balaban J connectivity index is 1.63. The maximum Gasteiger partial charge on any atom is 0.202 e. The second kappa shape index (κ2) is 7.13. The first-order valence-electron chi connectivity index (χ1n) is 10.5. The number of H-pyrrole nitrogens is 1. The Hall–Kier alpha value is -4.31. The van der Waals surface area contributed by atoms with E-state index in [0.717, 1.165) is 33.3 Å². The Morgan fingerprint density at radius 1 is 0.812 bits per heavy atom. The molecule has 0 saturated carbocycles. The lowest BCUT2D eigenvalue weighted by Gasteiger charge is -2.03. The third kappa shape index (κ3) is 2.96. The van der Waals surface area contributed by atoms with Crippen molar-refractivity contribution < 1.29 is 9.52 Å². The van der Waals surface area contributed by atoms with E-state index < -0.39 is 0 Å². The quantitative estimate of drug-likeness (QED) is 0.351. The minimum absolute atomic E-state index is 0.0433. The van der Waals surface area contributed by atoms with Gasteiger partial charge in [-0.1, -0.05) is 60.7 Å². The molecule has 0 radical (unpaired) electrons. The summed E-state index contributed by atoms with van der Waals surface area (Å²) in [5.41, 5.74) is 4.64. The van der Waals surface area contributed by atoms with Gasteiger partial charge in [0.1, 0.15) is 11.3 Å². The summed E-state index contributed by atoms with van der Waals surface area (Å²) in [5, 5.41) is 13.0. The molecule has 0 aliphatic carbocycles. The molecule has 0 aliphatic rings. The lowest BCUT2D eigenvalue weighted by Crippen LogP contribution is -2.02. The highest BCUT2D eigenvalue weighted by atomic mass is 16.3. The van der Waals surface area contributed by atoms with Gasteiger partial charge in [-0.25, -0.2) is 0 Å². The predicted octanol–water partition coefficient (Wildman–Crippen LogP) is 6.39. The third-order valence-electron chi connectivity index (χ3n) is 5.95. The summed E-state index contributed by atoms with van der Waals surface area (Å²) < 4.78 is 6.26. The van der Waals surface area contributed by atoms with Crippen LogP contribution in [0.1, 0.15) is 11.3 Å². The largest absolute Gasteiger partial charge is 0.508 e. The van der Waals surface area contributed by atoms with Crippen LogP contribution in [0, 0.1) is 0 Å². The van der Waals surface area contributed by atoms with Crippen LogP contribution in [0.25, 0.3) is 44.0 Å². The van der Waals surface area contributed by atoms with Crippen molar-refractivity contribution in [1.82, 2.24) is 4.98 Å². The topological polar surface area (TPSA) is 66.2 Å². The number of hydrogen-bond acceptors (Lipinski definition) is 3. The van der Waals surface area contributed by atoms with Crippen molar-refractivity contribution in [3.8, 4) is 17.0 Å². The Kier molecular flexibility index (Phi) is 4.12. The summed E-state index contributed by atoms with van der Waals surface area (Å²) in [6.07, 6.45) is 0.547. The fourth-order valence-electron chi connectivity index (χ4n) is 4.36. The van der Waals surface area contributed by atoms with Crippen LogP contribution in [-0.2, 0) is 6.42 Å². The highest BCUT2D eigenvalue weighted by Gasteiger charge is 2.20. The first-order chi connectivity index (χ1) is 15.7. The maximum absolute atomic E-state index is 13.5. The molecule has 2 aromatic heterocycles. The first kappa shape index (κ1) is 18.5. The van der Waals surface area contributed by atoms with Crippen molar-refractivity contribution in [2.45, 2.75) is 6.42 Å². The fourth-order valence-corrected chi connectivity index (χ4v) is 4.36. The van der Waals surface area contributed by atoms with Gasteiger partial charge in [-0.3, -0.25) is 4.79 Å². The van der Waals surface area contributed by atoms with E-state index in [0.29, 0.717) is 28.4 Å². The predicted molar refractivity (Wildman–Crippen MR) is 128 cm³/mol. The van der Waals surface area contributed by atoms with E-state index in [1.807, 2.05) is 48.5 Å². The molecule has 32 heavy (non-hydrogen) atoms. The van der Waals surface area contributed by atoms with E-state index in [-0.39, 0.29) is 11.2 Å². The molecule has 0 saturated heterocycles. The second-order valence-electron chi connectivity index (χ2n) is 8.02. The standard InChI is InChI=1S/C28H19NO3/c30-21-13-9-17(10-14-21)15-23-28-25(27(31)22-7-3-4-8-24(22)32-28)26(29-23)20-12-11-18-5-1-2-6-19(18)16-20/h1-14,16,29-30H,15H2. The van der Waals surface area contributed by atoms with Crippen LogP contribution in [-0.4, -0.2) is 10.1 Å². The summed E-state index contributed by atoms with van der Waals surface area (Å²) in [6, 6.07) is 28.8. The van der Waals surface area contributed by atoms with Crippen LogP contribution in [0.2, 0.25) is 0 Å². The smallest absolute Gasteiger partial charge is 0.202 e. The Morgan fingerprint density at radius 2 is 1.56 bits per heavy atom. The summed E-state index contributed by atoms with van der Waals surface area (Å²) >= 11 is 0. The zero-order chi connectivity index (χ0) is 21.7. The number of phenolic OH excluding ortho intramolecular Hbond substituents is 1. The van der Waals surface area contributed by atoms with Crippen LogP contribution in [0.4, 0.5) is 0 Å². The highest BCUT2D eigenvalue weighted by molar-refractivity contribution is 6.01. The molecule has 6 rings (SSSR count). The van der Waals surface area contributed by atoms with Crippen LogP contribution < -0.4 is 5.43 Å². The molecule has 0 amide bonds. The number of para-hydroxylation sites is 1. The molecule has 0 aliphatic heterocycles. The van der Waals surface area contributed by atoms with E-state index in [4.69, 9.17) is 4.42 Å². The maximum atomic E-state index is 13.5. The fraction of sp³-hybridized carbons (Fsp3) is 0.0357. The lowest BCUT2D eigenvalue weighted by atomic mass is 10.0. The van der Waals surface area contributed by atoms with Crippen molar-refractivity contribution in [1.29, 1.82) is 0 Å². The molecule has 6 aromatic rings. The summed E-state index contributed by atoms with van der Waals surface area (Å²) in [7, 11) is 0. The van der Waals surface area contributed by atoms with Crippen molar-refractivity contribution in [3.63, 3.8) is 0 Å². The molecule has 4 aromatic carbocycles. The molecule has 0 fully saturated rings. The number of nitrogens with one attached hydrogen (secondary N) is 1. The van der Waals surface area contributed by atoms with Crippen LogP contribution >= 0.6 is 0 Å². The van der Waals surface area contributed by atoms with Crippen LogP contribution in [0.15, 0.2) is 100 Å². The van der Waals surface area contributed by atoms with Crippen LogP contribution in [0.5, 0.6) is 5.75 Å². The van der Waals surface area contributed by atoms with E-state index in [1.54, 1.807) is 18.2 Å². The van der Waals surface area contributed by atoms with Gasteiger partial charge in [-0.05, 0) is 52.2 Å². The van der Waals surface area contributed by atoms with Gasteiger partial charge in [-0.15, -0.1) is 0 Å². The SMILES string of the molecule is O=c1c2ccccc2oc2c(Cc3ccc(O)cc3)[nH]c(-c3ccc4ccccc4c3)c12.